The van der Waals surface area contributed by atoms with Crippen LogP contribution in [0.3, 0.4) is 0 Å². The molecule has 0 fully saturated rings. The van der Waals surface area contributed by atoms with E-state index in [0.717, 1.165) is 0 Å². The summed E-state index contributed by atoms with van der Waals surface area (Å²) in [5.74, 6) is -0.932. The lowest BCUT2D eigenvalue weighted by atomic mass is 10.2. The number of rotatable bonds is 4. The molecule has 0 saturated heterocycles. The van der Waals surface area contributed by atoms with Gasteiger partial charge in [-0.3, -0.25) is 14.9 Å². The van der Waals surface area contributed by atoms with E-state index in [1.165, 1.54) is 24.5 Å². The van der Waals surface area contributed by atoms with Crippen molar-refractivity contribution in [2.75, 3.05) is 0 Å². The molecule has 0 radical (unpaired) electrons. The summed E-state index contributed by atoms with van der Waals surface area (Å²) in [4.78, 5) is 24.6. The lowest BCUT2D eigenvalue weighted by molar-refractivity contribution is -0.384. The van der Waals surface area contributed by atoms with Crippen molar-refractivity contribution in [1.82, 2.24) is 4.98 Å². The first-order valence-electron chi connectivity index (χ1n) is 5.08. The lowest BCUT2D eigenvalue weighted by Gasteiger charge is -1.97. The van der Waals surface area contributed by atoms with Crippen LogP contribution in [0.4, 0.5) is 5.69 Å². The van der Waals surface area contributed by atoms with Gasteiger partial charge in [-0.15, -0.1) is 0 Å². The normalized spacial score (nSPS) is 10.4. The van der Waals surface area contributed by atoms with Crippen molar-refractivity contribution in [1.29, 1.82) is 0 Å². The van der Waals surface area contributed by atoms with Crippen LogP contribution < -0.4 is 0 Å². The number of benzene rings is 1. The Morgan fingerprint density at radius 3 is 2.89 bits per heavy atom. The number of nitro groups is 1. The van der Waals surface area contributed by atoms with Crippen LogP contribution in [0.5, 0.6) is 0 Å². The fraction of sp³-hybridized carbons (Fsp3) is 0.0909. The first-order valence-corrected chi connectivity index (χ1v) is 5.45. The second-order valence-electron chi connectivity index (χ2n) is 3.64. The van der Waals surface area contributed by atoms with E-state index >= 15 is 0 Å². The van der Waals surface area contributed by atoms with E-state index in [2.05, 4.69) is 4.98 Å². The summed E-state index contributed by atoms with van der Waals surface area (Å²) in [7, 11) is 0. The molecule has 98 valence electrons. The number of carboxylic acid groups (broad SMARTS) is 1. The predicted octanol–water partition coefficient (Wildman–Crippen LogP) is 2.53. The Morgan fingerprint density at radius 2 is 2.26 bits per heavy atom. The number of carbonyl (C=O) groups is 1. The number of aromatic nitrogens is 1. The maximum absolute atomic E-state index is 10.7. The molecular weight excluding hydrogens is 276 g/mol. The van der Waals surface area contributed by atoms with E-state index in [0.29, 0.717) is 5.56 Å². The van der Waals surface area contributed by atoms with Gasteiger partial charge in [-0.2, -0.15) is 0 Å². The quantitative estimate of drug-likeness (QED) is 0.682. The Labute approximate surface area is 111 Å². The Hall–Kier alpha value is -2.41. The molecule has 0 bridgehead atoms. The molecule has 1 N–H and O–H groups in total. The van der Waals surface area contributed by atoms with Gasteiger partial charge in [0.25, 0.3) is 5.69 Å². The summed E-state index contributed by atoms with van der Waals surface area (Å²) < 4.78 is 5.09. The summed E-state index contributed by atoms with van der Waals surface area (Å²) in [6.45, 7) is 0. The monoisotopic (exact) mass is 282 g/mol. The van der Waals surface area contributed by atoms with Crippen LogP contribution in [0.1, 0.15) is 5.69 Å². The molecule has 1 heterocycles. The minimum absolute atomic E-state index is 0.00562. The van der Waals surface area contributed by atoms with Crippen molar-refractivity contribution in [2.45, 2.75) is 6.42 Å². The lowest BCUT2D eigenvalue weighted by Crippen LogP contribution is -1.99. The first-order chi connectivity index (χ1) is 8.97. The van der Waals surface area contributed by atoms with Crippen LogP contribution in [0, 0.1) is 10.1 Å². The second-order valence-corrected chi connectivity index (χ2v) is 4.05. The number of aliphatic carboxylic acids is 1. The second kappa shape index (κ2) is 5.07. The largest absolute Gasteiger partial charge is 0.481 e. The highest BCUT2D eigenvalue weighted by atomic mass is 35.5. The van der Waals surface area contributed by atoms with E-state index < -0.39 is 10.9 Å². The van der Waals surface area contributed by atoms with Gasteiger partial charge >= 0.3 is 5.97 Å². The van der Waals surface area contributed by atoms with Crippen LogP contribution in [-0.4, -0.2) is 21.0 Å². The summed E-state index contributed by atoms with van der Waals surface area (Å²) in [5.41, 5.74) is 0.324. The fourth-order valence-electron chi connectivity index (χ4n) is 1.46. The highest BCUT2D eigenvalue weighted by Crippen LogP contribution is 2.29. The van der Waals surface area contributed by atoms with Gasteiger partial charge < -0.3 is 9.52 Å². The van der Waals surface area contributed by atoms with Crippen molar-refractivity contribution in [2.24, 2.45) is 0 Å². The smallest absolute Gasteiger partial charge is 0.309 e. The van der Waals surface area contributed by atoms with Crippen LogP contribution in [0.2, 0.25) is 5.02 Å². The molecule has 19 heavy (non-hydrogen) atoms. The molecule has 1 aromatic carbocycles. The van der Waals surface area contributed by atoms with Crippen LogP contribution in [0.15, 0.2) is 28.9 Å². The molecule has 1 aromatic heterocycles. The number of oxazole rings is 1. The number of halogens is 1. The van der Waals surface area contributed by atoms with Gasteiger partial charge in [0.05, 0.1) is 17.0 Å². The molecule has 0 amide bonds. The zero-order chi connectivity index (χ0) is 14.0. The van der Waals surface area contributed by atoms with Crippen LogP contribution in [0.25, 0.3) is 11.5 Å². The Balaban J connectivity index is 2.36. The third kappa shape index (κ3) is 2.89. The topological polar surface area (TPSA) is 106 Å². The molecule has 0 spiro atoms. The average molecular weight is 283 g/mol. The minimum Gasteiger partial charge on any atom is -0.481 e. The van der Waals surface area contributed by atoms with E-state index in [-0.39, 0.29) is 28.7 Å². The molecule has 0 aliphatic rings. The van der Waals surface area contributed by atoms with Gasteiger partial charge in [-0.1, -0.05) is 11.6 Å². The minimum atomic E-state index is -1.04. The third-order valence-electron chi connectivity index (χ3n) is 2.27. The molecule has 2 aromatic rings. The number of nitrogens with zero attached hydrogens (tertiary/aromatic N) is 2. The zero-order valence-electron chi connectivity index (χ0n) is 9.37. The molecular formula is C11H7ClN2O5. The molecule has 0 saturated carbocycles. The van der Waals surface area contributed by atoms with Gasteiger partial charge in [0.1, 0.15) is 11.3 Å². The predicted molar refractivity (Wildman–Crippen MR) is 64.9 cm³/mol. The SMILES string of the molecule is O=C(O)Cc1coc(-c2ccc(Cl)c([N+](=O)[O-])c2)n1. The van der Waals surface area contributed by atoms with Gasteiger partial charge in [0.15, 0.2) is 0 Å². The maximum Gasteiger partial charge on any atom is 0.309 e. The highest BCUT2D eigenvalue weighted by Gasteiger charge is 2.16. The van der Waals surface area contributed by atoms with Crippen molar-refractivity contribution in [3.8, 4) is 11.5 Å². The van der Waals surface area contributed by atoms with Gasteiger partial charge in [0.2, 0.25) is 5.89 Å². The Morgan fingerprint density at radius 1 is 1.53 bits per heavy atom. The van der Waals surface area contributed by atoms with Crippen LogP contribution >= 0.6 is 11.6 Å². The van der Waals surface area contributed by atoms with Crippen LogP contribution in [-0.2, 0) is 11.2 Å². The summed E-state index contributed by atoms with van der Waals surface area (Å²) >= 11 is 5.68. The van der Waals surface area contributed by atoms with E-state index in [1.807, 2.05) is 0 Å². The molecule has 0 atom stereocenters. The molecule has 7 nitrogen and oxygen atoms in total. The van der Waals surface area contributed by atoms with Crippen molar-refractivity contribution in [3.63, 3.8) is 0 Å². The summed E-state index contributed by atoms with van der Waals surface area (Å²) in [6.07, 6.45) is 0.920. The first kappa shape index (κ1) is 13.0. The highest BCUT2D eigenvalue weighted by molar-refractivity contribution is 6.32. The Kier molecular flexibility index (Phi) is 3.48. The molecule has 0 unspecified atom stereocenters. The fourth-order valence-corrected chi connectivity index (χ4v) is 1.65. The third-order valence-corrected chi connectivity index (χ3v) is 2.59. The molecule has 0 aliphatic heterocycles. The van der Waals surface area contributed by atoms with Crippen molar-refractivity contribution < 1.29 is 19.2 Å². The average Bonchev–Trinajstić information content (AvgIpc) is 2.76. The molecule has 2 rings (SSSR count). The number of hydrogen-bond acceptors (Lipinski definition) is 5. The maximum atomic E-state index is 10.7. The van der Waals surface area contributed by atoms with E-state index in [9.17, 15) is 14.9 Å². The van der Waals surface area contributed by atoms with Crippen molar-refractivity contribution in [3.05, 3.63) is 45.3 Å². The standard InChI is InChI=1S/C11H7ClN2O5/c12-8-2-1-6(3-9(8)14(17)18)11-13-7(5-19-11)4-10(15)16/h1-3,5H,4H2,(H,15,16). The Bertz CT molecular complexity index is 652. The summed E-state index contributed by atoms with van der Waals surface area (Å²) in [5, 5.41) is 19.4. The number of carboxylic acids is 1. The zero-order valence-corrected chi connectivity index (χ0v) is 10.1. The summed E-state index contributed by atoms with van der Waals surface area (Å²) in [6, 6.07) is 4.08. The van der Waals surface area contributed by atoms with Crippen molar-refractivity contribution >= 4 is 23.3 Å². The van der Waals surface area contributed by atoms with Gasteiger partial charge in [0, 0.05) is 11.6 Å². The molecule has 8 heteroatoms. The number of nitro benzene ring substituents is 1. The number of hydrogen-bond donors (Lipinski definition) is 1. The molecule has 0 aliphatic carbocycles. The van der Waals surface area contributed by atoms with E-state index in [1.54, 1.807) is 0 Å². The van der Waals surface area contributed by atoms with E-state index in [4.69, 9.17) is 21.1 Å². The van der Waals surface area contributed by atoms with Gasteiger partial charge in [-0.05, 0) is 12.1 Å². The van der Waals surface area contributed by atoms with Gasteiger partial charge in [-0.25, -0.2) is 4.98 Å².